The lowest BCUT2D eigenvalue weighted by Crippen LogP contribution is -2.11. The van der Waals surface area contributed by atoms with Crippen LogP contribution >= 0.6 is 0 Å². The van der Waals surface area contributed by atoms with Gasteiger partial charge >= 0.3 is 0 Å². The van der Waals surface area contributed by atoms with Gasteiger partial charge in [-0.1, -0.05) is 51.2 Å². The number of carbonyl (C=O) groups excluding carboxylic acids is 1. The molecular formula is C14H24O. The van der Waals surface area contributed by atoms with Crippen LogP contribution in [0.2, 0.25) is 0 Å². The molecule has 0 aromatic rings. The van der Waals surface area contributed by atoms with Crippen molar-refractivity contribution in [2.24, 2.45) is 11.8 Å². The molecule has 1 aliphatic rings. The van der Waals surface area contributed by atoms with Crippen LogP contribution in [0.1, 0.15) is 58.8 Å². The fourth-order valence-corrected chi connectivity index (χ4v) is 2.46. The smallest absolute Gasteiger partial charge is 0.132 e. The lowest BCUT2D eigenvalue weighted by molar-refractivity contribution is -0.120. The SMILES string of the molecule is C=C(CC1CCCCC1)CC(C)C(C)=O. The third kappa shape index (κ3) is 4.63. The van der Waals surface area contributed by atoms with Crippen molar-refractivity contribution in [2.45, 2.75) is 58.8 Å². The van der Waals surface area contributed by atoms with E-state index in [1.54, 1.807) is 6.92 Å². The highest BCUT2D eigenvalue weighted by molar-refractivity contribution is 5.78. The maximum atomic E-state index is 11.1. The third-order valence-corrected chi connectivity index (χ3v) is 3.59. The monoisotopic (exact) mass is 208 g/mol. The standard InChI is InChI=1S/C14H24O/c1-11(9-12(2)13(3)15)10-14-7-5-4-6-8-14/h12,14H,1,4-10H2,2-3H3. The van der Waals surface area contributed by atoms with E-state index in [9.17, 15) is 4.79 Å². The van der Waals surface area contributed by atoms with Gasteiger partial charge in [-0.05, 0) is 25.7 Å². The summed E-state index contributed by atoms with van der Waals surface area (Å²) in [6.45, 7) is 7.81. The summed E-state index contributed by atoms with van der Waals surface area (Å²) in [4.78, 5) is 11.1. The van der Waals surface area contributed by atoms with Crippen LogP contribution < -0.4 is 0 Å². The molecule has 1 rings (SSSR count). The number of ketones is 1. The fourth-order valence-electron chi connectivity index (χ4n) is 2.46. The number of Topliss-reactive ketones (excluding diaryl/α,β-unsaturated/α-hetero) is 1. The van der Waals surface area contributed by atoms with Crippen LogP contribution in [0.4, 0.5) is 0 Å². The van der Waals surface area contributed by atoms with Crippen LogP contribution in [0.25, 0.3) is 0 Å². The van der Waals surface area contributed by atoms with Gasteiger partial charge in [0.2, 0.25) is 0 Å². The molecule has 1 heteroatoms. The van der Waals surface area contributed by atoms with Gasteiger partial charge in [-0.25, -0.2) is 0 Å². The second kappa shape index (κ2) is 6.09. The Morgan fingerprint density at radius 3 is 2.47 bits per heavy atom. The summed E-state index contributed by atoms with van der Waals surface area (Å²) >= 11 is 0. The summed E-state index contributed by atoms with van der Waals surface area (Å²) in [7, 11) is 0. The Kier molecular flexibility index (Phi) is 5.07. The Hall–Kier alpha value is -0.590. The minimum Gasteiger partial charge on any atom is -0.300 e. The topological polar surface area (TPSA) is 17.1 Å². The Morgan fingerprint density at radius 2 is 1.93 bits per heavy atom. The molecule has 0 aliphatic heterocycles. The van der Waals surface area contributed by atoms with E-state index in [0.717, 1.165) is 18.8 Å². The number of rotatable bonds is 5. The molecule has 0 amide bonds. The van der Waals surface area contributed by atoms with Gasteiger partial charge in [0, 0.05) is 5.92 Å². The van der Waals surface area contributed by atoms with Crippen LogP contribution in [0.3, 0.4) is 0 Å². The van der Waals surface area contributed by atoms with E-state index in [1.807, 2.05) is 6.92 Å². The van der Waals surface area contributed by atoms with Crippen molar-refractivity contribution in [1.29, 1.82) is 0 Å². The molecule has 0 heterocycles. The quantitative estimate of drug-likeness (QED) is 0.621. The Morgan fingerprint density at radius 1 is 1.33 bits per heavy atom. The van der Waals surface area contributed by atoms with Crippen molar-refractivity contribution in [3.8, 4) is 0 Å². The van der Waals surface area contributed by atoms with Crippen molar-refractivity contribution in [3.05, 3.63) is 12.2 Å². The van der Waals surface area contributed by atoms with Crippen molar-refractivity contribution in [2.75, 3.05) is 0 Å². The fraction of sp³-hybridized carbons (Fsp3) is 0.786. The summed E-state index contributed by atoms with van der Waals surface area (Å²) < 4.78 is 0. The molecule has 0 radical (unpaired) electrons. The van der Waals surface area contributed by atoms with Crippen molar-refractivity contribution < 1.29 is 4.79 Å². The normalized spacial score (nSPS) is 19.9. The lowest BCUT2D eigenvalue weighted by Gasteiger charge is -2.23. The second-order valence-corrected chi connectivity index (χ2v) is 5.17. The van der Waals surface area contributed by atoms with E-state index < -0.39 is 0 Å². The van der Waals surface area contributed by atoms with E-state index in [2.05, 4.69) is 6.58 Å². The molecule has 15 heavy (non-hydrogen) atoms. The average molecular weight is 208 g/mol. The largest absolute Gasteiger partial charge is 0.300 e. The first-order valence-corrected chi connectivity index (χ1v) is 6.26. The van der Waals surface area contributed by atoms with Crippen LogP contribution in [-0.4, -0.2) is 5.78 Å². The minimum atomic E-state index is 0.168. The molecule has 1 fully saturated rings. The lowest BCUT2D eigenvalue weighted by atomic mass is 9.83. The number of allylic oxidation sites excluding steroid dienone is 1. The molecular weight excluding hydrogens is 184 g/mol. The molecule has 1 aliphatic carbocycles. The van der Waals surface area contributed by atoms with Gasteiger partial charge in [0.05, 0.1) is 0 Å². The molecule has 1 nitrogen and oxygen atoms in total. The molecule has 0 aromatic heterocycles. The number of carbonyl (C=O) groups is 1. The maximum absolute atomic E-state index is 11.1. The summed E-state index contributed by atoms with van der Waals surface area (Å²) in [5, 5.41) is 0. The third-order valence-electron chi connectivity index (χ3n) is 3.59. The van der Waals surface area contributed by atoms with Crippen LogP contribution in [0, 0.1) is 11.8 Å². The Labute approximate surface area is 93.9 Å². The zero-order valence-electron chi connectivity index (χ0n) is 10.2. The van der Waals surface area contributed by atoms with Gasteiger partial charge in [-0.15, -0.1) is 0 Å². The summed E-state index contributed by atoms with van der Waals surface area (Å²) in [6.07, 6.45) is 8.97. The highest BCUT2D eigenvalue weighted by Crippen LogP contribution is 2.30. The summed E-state index contributed by atoms with van der Waals surface area (Å²) in [6, 6.07) is 0. The maximum Gasteiger partial charge on any atom is 0.132 e. The van der Waals surface area contributed by atoms with E-state index >= 15 is 0 Å². The zero-order valence-corrected chi connectivity index (χ0v) is 10.2. The first kappa shape index (κ1) is 12.5. The summed E-state index contributed by atoms with van der Waals surface area (Å²) in [5.41, 5.74) is 1.28. The van der Waals surface area contributed by atoms with E-state index in [-0.39, 0.29) is 5.92 Å². The molecule has 86 valence electrons. The first-order chi connectivity index (χ1) is 7.09. The summed E-state index contributed by atoms with van der Waals surface area (Å²) in [5.74, 6) is 1.31. The molecule has 0 saturated heterocycles. The van der Waals surface area contributed by atoms with Crippen LogP contribution in [0.15, 0.2) is 12.2 Å². The van der Waals surface area contributed by atoms with E-state index in [1.165, 1.54) is 37.7 Å². The minimum absolute atomic E-state index is 0.168. The van der Waals surface area contributed by atoms with Crippen molar-refractivity contribution in [1.82, 2.24) is 0 Å². The Bertz CT molecular complexity index is 223. The number of hydrogen-bond donors (Lipinski definition) is 0. The highest BCUT2D eigenvalue weighted by atomic mass is 16.1. The van der Waals surface area contributed by atoms with Gasteiger partial charge in [-0.2, -0.15) is 0 Å². The molecule has 1 atom stereocenters. The molecule has 1 unspecified atom stereocenters. The van der Waals surface area contributed by atoms with E-state index in [4.69, 9.17) is 0 Å². The van der Waals surface area contributed by atoms with Gasteiger partial charge in [-0.3, -0.25) is 4.79 Å². The molecule has 0 bridgehead atoms. The Balaban J connectivity index is 2.25. The van der Waals surface area contributed by atoms with Gasteiger partial charge < -0.3 is 0 Å². The molecule has 0 aromatic carbocycles. The first-order valence-electron chi connectivity index (χ1n) is 6.26. The predicted molar refractivity (Wildman–Crippen MR) is 64.8 cm³/mol. The van der Waals surface area contributed by atoms with Gasteiger partial charge in [0.15, 0.2) is 0 Å². The van der Waals surface area contributed by atoms with Crippen LogP contribution in [-0.2, 0) is 4.79 Å². The molecule has 0 N–H and O–H groups in total. The predicted octanol–water partition coefficient (Wildman–Crippen LogP) is 4.13. The van der Waals surface area contributed by atoms with Gasteiger partial charge in [0.25, 0.3) is 0 Å². The van der Waals surface area contributed by atoms with Crippen molar-refractivity contribution in [3.63, 3.8) is 0 Å². The highest BCUT2D eigenvalue weighted by Gasteiger charge is 2.16. The van der Waals surface area contributed by atoms with Crippen LogP contribution in [0.5, 0.6) is 0 Å². The van der Waals surface area contributed by atoms with Crippen molar-refractivity contribution >= 4 is 5.78 Å². The van der Waals surface area contributed by atoms with Gasteiger partial charge in [0.1, 0.15) is 5.78 Å². The second-order valence-electron chi connectivity index (χ2n) is 5.17. The van der Waals surface area contributed by atoms with E-state index in [0.29, 0.717) is 5.78 Å². The average Bonchev–Trinajstić information content (AvgIpc) is 2.18. The molecule has 0 spiro atoms. The molecule has 1 saturated carbocycles. The number of hydrogen-bond acceptors (Lipinski definition) is 1. The zero-order chi connectivity index (χ0) is 11.3.